The van der Waals surface area contributed by atoms with Gasteiger partial charge in [-0.05, 0) is 38.3 Å². The third kappa shape index (κ3) is 6.02. The molecule has 10 aromatic rings. The molecule has 0 aliphatic heterocycles. The van der Waals surface area contributed by atoms with E-state index in [-0.39, 0.29) is 0 Å². The Balaban J connectivity index is 1.12. The zero-order valence-electron chi connectivity index (χ0n) is 30.3. The SMILES string of the molecule is c1ccc(-c2nc(-c3ccccc3)nc(-c3ccc4ccc5nc(-c6cccc([Si](c7ccccc7)(c7ccccc7)c7ccccc7)c6)sc5c4c3)n2)cc1. The van der Waals surface area contributed by atoms with Crippen LogP contribution in [0.15, 0.2) is 206 Å². The lowest BCUT2D eigenvalue weighted by Gasteiger charge is -2.34. The molecule has 2 aromatic heterocycles. The molecule has 0 spiro atoms. The molecule has 0 radical (unpaired) electrons. The lowest BCUT2D eigenvalue weighted by atomic mass is 10.1. The van der Waals surface area contributed by atoms with E-state index in [2.05, 4.69) is 146 Å². The molecular weight excluding hydrogens is 717 g/mol. The van der Waals surface area contributed by atoms with Gasteiger partial charge in [0.2, 0.25) is 0 Å². The fourth-order valence-electron chi connectivity index (χ4n) is 7.86. The fraction of sp³-hybridized carbons (Fsp3) is 0. The van der Waals surface area contributed by atoms with E-state index in [4.69, 9.17) is 19.9 Å². The maximum Gasteiger partial charge on any atom is 0.179 e. The van der Waals surface area contributed by atoms with Crippen molar-refractivity contribution in [1.29, 1.82) is 0 Å². The molecular formula is C50H34N4SSi. The number of thiazole rings is 1. The van der Waals surface area contributed by atoms with Gasteiger partial charge in [-0.25, -0.2) is 19.9 Å². The van der Waals surface area contributed by atoms with Crippen LogP contribution in [-0.4, -0.2) is 28.0 Å². The molecule has 0 saturated heterocycles. The van der Waals surface area contributed by atoms with Gasteiger partial charge in [-0.1, -0.05) is 194 Å². The molecule has 10 rings (SSSR count). The Bertz CT molecular complexity index is 2800. The summed E-state index contributed by atoms with van der Waals surface area (Å²) in [5.74, 6) is 1.93. The summed E-state index contributed by atoms with van der Waals surface area (Å²) in [5.41, 5.74) is 4.92. The Hall–Kier alpha value is -6.86. The van der Waals surface area contributed by atoms with Gasteiger partial charge in [-0.15, -0.1) is 11.3 Å². The standard InChI is InChI=1S/C50H34N4SSi/c1-6-17-36(18-7-1)47-52-48(37-19-8-2-9-20-37)54-49(53-47)38-30-29-35-31-32-45-46(44(35)34-38)55-50(51-45)39-21-16-28-43(33-39)56(40-22-10-3-11-23-40,41-24-12-4-13-25-41)42-26-14-5-15-27-42/h1-34H. The van der Waals surface area contributed by atoms with E-state index in [9.17, 15) is 0 Å². The summed E-state index contributed by atoms with van der Waals surface area (Å²) < 4.78 is 1.14. The highest BCUT2D eigenvalue weighted by molar-refractivity contribution is 7.23. The summed E-state index contributed by atoms with van der Waals surface area (Å²) in [6, 6.07) is 73.3. The van der Waals surface area contributed by atoms with E-state index >= 15 is 0 Å². The van der Waals surface area contributed by atoms with Crippen LogP contribution in [0.3, 0.4) is 0 Å². The van der Waals surface area contributed by atoms with E-state index in [0.29, 0.717) is 17.5 Å². The monoisotopic (exact) mass is 750 g/mol. The van der Waals surface area contributed by atoms with Crippen LogP contribution in [-0.2, 0) is 0 Å². The van der Waals surface area contributed by atoms with Crippen molar-refractivity contribution in [3.05, 3.63) is 206 Å². The summed E-state index contributed by atoms with van der Waals surface area (Å²) in [7, 11) is -2.69. The van der Waals surface area contributed by atoms with Gasteiger partial charge in [0.1, 0.15) is 5.01 Å². The second-order valence-corrected chi connectivity index (χ2v) is 18.6. The van der Waals surface area contributed by atoms with Crippen molar-refractivity contribution in [2.45, 2.75) is 0 Å². The molecule has 4 nitrogen and oxygen atoms in total. The van der Waals surface area contributed by atoms with E-state index in [1.165, 1.54) is 20.7 Å². The normalized spacial score (nSPS) is 11.6. The quantitative estimate of drug-likeness (QED) is 0.115. The Labute approximate surface area is 330 Å². The van der Waals surface area contributed by atoms with Crippen LogP contribution in [0, 0.1) is 0 Å². The average molecular weight is 751 g/mol. The van der Waals surface area contributed by atoms with Crippen LogP contribution < -0.4 is 20.7 Å². The summed E-state index contributed by atoms with van der Waals surface area (Å²) in [5, 5.41) is 8.64. The Morgan fingerprint density at radius 2 is 0.786 bits per heavy atom. The van der Waals surface area contributed by atoms with Crippen molar-refractivity contribution in [2.75, 3.05) is 0 Å². The summed E-state index contributed by atoms with van der Waals surface area (Å²) in [4.78, 5) is 20.2. The van der Waals surface area contributed by atoms with E-state index < -0.39 is 8.07 Å². The Kier molecular flexibility index (Phi) is 8.67. The molecule has 0 aliphatic carbocycles. The highest BCUT2D eigenvalue weighted by Gasteiger charge is 2.41. The summed E-state index contributed by atoms with van der Waals surface area (Å²) >= 11 is 1.74. The first-order chi connectivity index (χ1) is 27.7. The molecule has 264 valence electrons. The van der Waals surface area contributed by atoms with E-state index in [0.717, 1.165) is 48.3 Å². The molecule has 0 N–H and O–H groups in total. The zero-order valence-corrected chi connectivity index (χ0v) is 32.1. The van der Waals surface area contributed by atoms with Crippen molar-refractivity contribution in [1.82, 2.24) is 19.9 Å². The van der Waals surface area contributed by atoms with Crippen LogP contribution in [0.4, 0.5) is 0 Å². The van der Waals surface area contributed by atoms with Crippen LogP contribution in [0.25, 0.3) is 65.7 Å². The number of hydrogen-bond acceptors (Lipinski definition) is 5. The minimum absolute atomic E-state index is 0.637. The number of rotatable bonds is 8. The number of nitrogens with zero attached hydrogens (tertiary/aromatic N) is 4. The number of fused-ring (bicyclic) bond motifs is 3. The van der Waals surface area contributed by atoms with Crippen LogP contribution in [0.2, 0.25) is 0 Å². The van der Waals surface area contributed by atoms with Gasteiger partial charge in [0.15, 0.2) is 25.5 Å². The van der Waals surface area contributed by atoms with Crippen LogP contribution in [0.1, 0.15) is 0 Å². The molecule has 8 aromatic carbocycles. The van der Waals surface area contributed by atoms with Crippen molar-refractivity contribution in [2.24, 2.45) is 0 Å². The first-order valence-corrected chi connectivity index (χ1v) is 21.5. The number of aromatic nitrogens is 4. The summed E-state index contributed by atoms with van der Waals surface area (Å²) in [6.07, 6.45) is 0. The van der Waals surface area contributed by atoms with Gasteiger partial charge >= 0.3 is 0 Å². The van der Waals surface area contributed by atoms with Gasteiger partial charge < -0.3 is 0 Å². The van der Waals surface area contributed by atoms with E-state index in [1.54, 1.807) is 11.3 Å². The van der Waals surface area contributed by atoms with Gasteiger partial charge in [-0.3, -0.25) is 0 Å². The smallest absolute Gasteiger partial charge is 0.179 e. The maximum absolute atomic E-state index is 5.28. The highest BCUT2D eigenvalue weighted by Crippen LogP contribution is 2.37. The van der Waals surface area contributed by atoms with Gasteiger partial charge in [0.25, 0.3) is 0 Å². The predicted molar refractivity (Wildman–Crippen MR) is 236 cm³/mol. The molecule has 0 fully saturated rings. The van der Waals surface area contributed by atoms with E-state index in [1.807, 2.05) is 60.7 Å². The molecule has 0 amide bonds. The molecule has 56 heavy (non-hydrogen) atoms. The average Bonchev–Trinajstić information content (AvgIpc) is 3.74. The van der Waals surface area contributed by atoms with Gasteiger partial charge in [-0.2, -0.15) is 0 Å². The molecule has 0 saturated carbocycles. The minimum Gasteiger partial charge on any atom is -0.236 e. The fourth-order valence-corrected chi connectivity index (χ4v) is 13.7. The zero-order chi connectivity index (χ0) is 37.3. The van der Waals surface area contributed by atoms with Crippen LogP contribution >= 0.6 is 11.3 Å². The molecule has 0 unspecified atom stereocenters. The van der Waals surface area contributed by atoms with Crippen molar-refractivity contribution in [3.8, 4) is 44.7 Å². The van der Waals surface area contributed by atoms with Gasteiger partial charge in [0, 0.05) is 27.6 Å². The lowest BCUT2D eigenvalue weighted by Crippen LogP contribution is -2.74. The second kappa shape index (κ2) is 14.4. The largest absolute Gasteiger partial charge is 0.236 e. The number of benzene rings is 8. The second-order valence-electron chi connectivity index (χ2n) is 13.8. The first kappa shape index (κ1) is 33.7. The first-order valence-electron chi connectivity index (χ1n) is 18.7. The Morgan fingerprint density at radius 1 is 0.339 bits per heavy atom. The van der Waals surface area contributed by atoms with Crippen LogP contribution in [0.5, 0.6) is 0 Å². The topological polar surface area (TPSA) is 51.6 Å². The molecule has 6 heteroatoms. The van der Waals surface area contributed by atoms with Crippen molar-refractivity contribution in [3.63, 3.8) is 0 Å². The van der Waals surface area contributed by atoms with Crippen molar-refractivity contribution >= 4 is 61.1 Å². The number of hydrogen-bond donors (Lipinski definition) is 0. The Morgan fingerprint density at radius 3 is 1.32 bits per heavy atom. The van der Waals surface area contributed by atoms with Crippen molar-refractivity contribution < 1.29 is 0 Å². The predicted octanol–water partition coefficient (Wildman–Crippen LogP) is 9.68. The third-order valence-corrected chi connectivity index (χ3v) is 16.4. The third-order valence-electron chi connectivity index (χ3n) is 10.5. The lowest BCUT2D eigenvalue weighted by molar-refractivity contribution is 1.07. The minimum atomic E-state index is -2.69. The molecule has 0 atom stereocenters. The maximum atomic E-state index is 5.28. The van der Waals surface area contributed by atoms with Gasteiger partial charge in [0.05, 0.1) is 10.2 Å². The highest BCUT2D eigenvalue weighted by atomic mass is 32.1. The molecule has 0 bridgehead atoms. The summed E-state index contributed by atoms with van der Waals surface area (Å²) in [6.45, 7) is 0. The molecule has 2 heterocycles. The molecule has 0 aliphatic rings.